The van der Waals surface area contributed by atoms with E-state index in [1.54, 1.807) is 7.11 Å². The van der Waals surface area contributed by atoms with Gasteiger partial charge in [0.1, 0.15) is 0 Å². The molecule has 1 aliphatic heterocycles. The number of rotatable bonds is 2. The molecule has 0 N–H and O–H groups in total. The van der Waals surface area contributed by atoms with Crippen LogP contribution in [0.4, 0.5) is 5.95 Å². The van der Waals surface area contributed by atoms with Gasteiger partial charge >= 0.3 is 0 Å². The fourth-order valence-corrected chi connectivity index (χ4v) is 1.30. The van der Waals surface area contributed by atoms with Crippen LogP contribution < -0.4 is 4.90 Å². The van der Waals surface area contributed by atoms with Crippen molar-refractivity contribution in [3.05, 3.63) is 18.0 Å². The Bertz CT molecular complexity index is 280. The van der Waals surface area contributed by atoms with Crippen molar-refractivity contribution < 1.29 is 4.74 Å². The van der Waals surface area contributed by atoms with Gasteiger partial charge < -0.3 is 9.64 Å². The highest BCUT2D eigenvalue weighted by Gasteiger charge is 2.27. The van der Waals surface area contributed by atoms with E-state index in [9.17, 15) is 0 Å². The van der Waals surface area contributed by atoms with Crippen LogP contribution in [0.2, 0.25) is 0 Å². The van der Waals surface area contributed by atoms with Crippen LogP contribution in [-0.2, 0) is 4.74 Å². The fourth-order valence-electron chi connectivity index (χ4n) is 1.30. The molecule has 0 aliphatic carbocycles. The first-order chi connectivity index (χ1) is 7.29. The summed E-state index contributed by atoms with van der Waals surface area (Å²) in [6.45, 7) is 7.79. The van der Waals surface area contributed by atoms with Gasteiger partial charge in [0.25, 0.3) is 0 Å². The van der Waals surface area contributed by atoms with Crippen molar-refractivity contribution in [3.8, 4) is 0 Å². The second kappa shape index (κ2) is 5.66. The van der Waals surface area contributed by atoms with Crippen molar-refractivity contribution in [2.75, 3.05) is 25.1 Å². The number of ether oxygens (including phenoxy) is 1. The number of nitrogens with zero attached hydrogens (tertiary/aromatic N) is 3. The van der Waals surface area contributed by atoms with E-state index in [1.807, 2.05) is 33.2 Å². The first kappa shape index (κ1) is 11.9. The summed E-state index contributed by atoms with van der Waals surface area (Å²) in [7, 11) is 1.73. The van der Waals surface area contributed by atoms with Gasteiger partial charge in [-0.05, 0) is 12.5 Å². The van der Waals surface area contributed by atoms with Crippen LogP contribution in [0.15, 0.2) is 12.4 Å². The summed E-state index contributed by atoms with van der Waals surface area (Å²) in [5.74, 6) is 0.805. The summed E-state index contributed by atoms with van der Waals surface area (Å²) in [4.78, 5) is 10.6. The minimum Gasteiger partial charge on any atom is -0.378 e. The summed E-state index contributed by atoms with van der Waals surface area (Å²) in [6.07, 6.45) is 4.02. The third-order valence-electron chi connectivity index (χ3n) is 2.23. The van der Waals surface area contributed by atoms with Crippen molar-refractivity contribution in [3.63, 3.8) is 0 Å². The average molecular weight is 209 g/mol. The van der Waals surface area contributed by atoms with Crippen LogP contribution in [0, 0.1) is 6.92 Å². The molecule has 0 unspecified atom stereocenters. The van der Waals surface area contributed by atoms with Crippen LogP contribution in [0.1, 0.15) is 19.4 Å². The molecule has 1 aliphatic rings. The monoisotopic (exact) mass is 209 g/mol. The molecule has 4 nitrogen and oxygen atoms in total. The maximum absolute atomic E-state index is 5.16. The quantitative estimate of drug-likeness (QED) is 0.742. The van der Waals surface area contributed by atoms with Crippen molar-refractivity contribution in [1.82, 2.24) is 9.97 Å². The van der Waals surface area contributed by atoms with E-state index < -0.39 is 0 Å². The largest absolute Gasteiger partial charge is 0.378 e. The molecule has 84 valence electrons. The highest BCUT2D eigenvalue weighted by molar-refractivity contribution is 5.34. The van der Waals surface area contributed by atoms with Crippen molar-refractivity contribution >= 4 is 5.95 Å². The fraction of sp³-hybridized carbons (Fsp3) is 0.636. The molecule has 2 heterocycles. The van der Waals surface area contributed by atoms with E-state index >= 15 is 0 Å². The number of hydrogen-bond acceptors (Lipinski definition) is 4. The summed E-state index contributed by atoms with van der Waals surface area (Å²) < 4.78 is 5.16. The Kier molecular flexibility index (Phi) is 4.49. The molecule has 1 aromatic heterocycles. The van der Waals surface area contributed by atoms with Crippen molar-refractivity contribution in [2.24, 2.45) is 0 Å². The van der Waals surface area contributed by atoms with Gasteiger partial charge in [-0.15, -0.1) is 0 Å². The lowest BCUT2D eigenvalue weighted by molar-refractivity contribution is 0.0778. The Balaban J connectivity index is 0.000000531. The molecular formula is C11H19N3O. The number of aryl methyl sites for hydroxylation is 1. The topological polar surface area (TPSA) is 38.2 Å². The van der Waals surface area contributed by atoms with Gasteiger partial charge in [0.05, 0.1) is 6.10 Å². The molecule has 2 rings (SSSR count). The highest BCUT2D eigenvalue weighted by atomic mass is 16.5. The summed E-state index contributed by atoms with van der Waals surface area (Å²) in [6, 6.07) is 0. The van der Waals surface area contributed by atoms with E-state index in [2.05, 4.69) is 14.9 Å². The standard InChI is InChI=1S/C9H13N3O.C2H6/c1-7-3-10-9(11-4-7)12-5-8(6-12)13-2;1-2/h3-4,8H,5-6H2,1-2H3;1-2H3. The van der Waals surface area contributed by atoms with Crippen LogP contribution in [0.5, 0.6) is 0 Å². The molecule has 15 heavy (non-hydrogen) atoms. The summed E-state index contributed by atoms with van der Waals surface area (Å²) >= 11 is 0. The van der Waals surface area contributed by atoms with Gasteiger partial charge in [0.2, 0.25) is 5.95 Å². The number of methoxy groups -OCH3 is 1. The average Bonchev–Trinajstić information content (AvgIpc) is 2.22. The van der Waals surface area contributed by atoms with Crippen LogP contribution in [0.25, 0.3) is 0 Å². The Morgan fingerprint density at radius 2 is 1.80 bits per heavy atom. The SMILES string of the molecule is CC.COC1CN(c2ncc(C)cn2)C1. The van der Waals surface area contributed by atoms with Crippen LogP contribution >= 0.6 is 0 Å². The minimum atomic E-state index is 0.352. The molecule has 0 radical (unpaired) electrons. The maximum atomic E-state index is 5.16. The summed E-state index contributed by atoms with van der Waals surface area (Å²) in [5.41, 5.74) is 1.09. The molecule has 0 amide bonds. The predicted molar refractivity (Wildman–Crippen MR) is 61.1 cm³/mol. The normalized spacial score (nSPS) is 15.3. The van der Waals surface area contributed by atoms with Crippen molar-refractivity contribution in [2.45, 2.75) is 26.9 Å². The van der Waals surface area contributed by atoms with Crippen LogP contribution in [0.3, 0.4) is 0 Å². The third-order valence-corrected chi connectivity index (χ3v) is 2.23. The molecule has 1 fully saturated rings. The van der Waals surface area contributed by atoms with Gasteiger partial charge in [-0.1, -0.05) is 13.8 Å². The van der Waals surface area contributed by atoms with Gasteiger partial charge in [-0.3, -0.25) is 0 Å². The smallest absolute Gasteiger partial charge is 0.225 e. The molecule has 0 saturated carbocycles. The number of aromatic nitrogens is 2. The Morgan fingerprint density at radius 1 is 1.27 bits per heavy atom. The van der Waals surface area contributed by atoms with Gasteiger partial charge in [-0.2, -0.15) is 0 Å². The lowest BCUT2D eigenvalue weighted by atomic mass is 10.2. The van der Waals surface area contributed by atoms with Crippen LogP contribution in [-0.4, -0.2) is 36.3 Å². The summed E-state index contributed by atoms with van der Waals surface area (Å²) in [5, 5.41) is 0. The van der Waals surface area contributed by atoms with E-state index in [-0.39, 0.29) is 0 Å². The highest BCUT2D eigenvalue weighted by Crippen LogP contribution is 2.16. The predicted octanol–water partition coefficient (Wildman–Crippen LogP) is 1.65. The molecule has 4 heteroatoms. The Labute approximate surface area is 91.3 Å². The van der Waals surface area contributed by atoms with E-state index in [4.69, 9.17) is 4.74 Å². The molecule has 0 atom stereocenters. The zero-order valence-corrected chi connectivity index (χ0v) is 9.90. The number of hydrogen-bond donors (Lipinski definition) is 0. The molecule has 0 aromatic carbocycles. The lowest BCUT2D eigenvalue weighted by Gasteiger charge is -2.37. The molecule has 0 spiro atoms. The first-order valence-corrected chi connectivity index (χ1v) is 5.36. The van der Waals surface area contributed by atoms with E-state index in [0.717, 1.165) is 24.6 Å². The molecule has 0 bridgehead atoms. The number of anilines is 1. The molecular weight excluding hydrogens is 190 g/mol. The van der Waals surface area contributed by atoms with E-state index in [1.165, 1.54) is 0 Å². The first-order valence-electron chi connectivity index (χ1n) is 5.36. The zero-order chi connectivity index (χ0) is 11.3. The zero-order valence-electron chi connectivity index (χ0n) is 9.90. The second-order valence-electron chi connectivity index (χ2n) is 3.32. The maximum Gasteiger partial charge on any atom is 0.225 e. The molecule has 1 saturated heterocycles. The lowest BCUT2D eigenvalue weighted by Crippen LogP contribution is -2.52. The van der Waals surface area contributed by atoms with Gasteiger partial charge in [0.15, 0.2) is 0 Å². The Hall–Kier alpha value is -1.16. The second-order valence-corrected chi connectivity index (χ2v) is 3.32. The van der Waals surface area contributed by atoms with Gasteiger partial charge in [0, 0.05) is 32.6 Å². The van der Waals surface area contributed by atoms with E-state index in [0.29, 0.717) is 6.10 Å². The minimum absolute atomic E-state index is 0.352. The Morgan fingerprint density at radius 3 is 2.27 bits per heavy atom. The van der Waals surface area contributed by atoms with Crippen molar-refractivity contribution in [1.29, 1.82) is 0 Å². The third kappa shape index (κ3) is 2.89. The van der Waals surface area contributed by atoms with Gasteiger partial charge in [-0.25, -0.2) is 9.97 Å². The molecule has 1 aromatic rings.